The summed E-state index contributed by atoms with van der Waals surface area (Å²) in [6.07, 6.45) is 76.3. The lowest BCUT2D eigenvalue weighted by atomic mass is 10.0. The van der Waals surface area contributed by atoms with Gasteiger partial charge in [0.25, 0.3) is 0 Å². The van der Waals surface area contributed by atoms with Gasteiger partial charge in [0, 0.05) is 12.8 Å². The molecule has 0 rings (SSSR count). The summed E-state index contributed by atoms with van der Waals surface area (Å²) >= 11 is 0. The van der Waals surface area contributed by atoms with Crippen LogP contribution in [0.25, 0.3) is 0 Å². The molecule has 0 bridgehead atoms. The Bertz CT molecular complexity index is 1120. The largest absolute Gasteiger partial charge is 0.466 e. The Kier molecular flexibility index (Phi) is 60.5. The van der Waals surface area contributed by atoms with Crippen LogP contribution in [0.4, 0.5) is 0 Å². The highest BCUT2D eigenvalue weighted by atomic mass is 16.5. The molecule has 0 aliphatic heterocycles. The van der Waals surface area contributed by atoms with Crippen molar-refractivity contribution >= 4 is 11.9 Å². The first-order valence-corrected chi connectivity index (χ1v) is 32.6. The fourth-order valence-electron chi connectivity index (χ4n) is 10.2. The second-order valence-corrected chi connectivity index (χ2v) is 22.4. The molecule has 1 amide bonds. The van der Waals surface area contributed by atoms with Crippen LogP contribution in [0.15, 0.2) is 24.3 Å². The van der Waals surface area contributed by atoms with Crippen molar-refractivity contribution in [1.82, 2.24) is 5.32 Å². The van der Waals surface area contributed by atoms with Crippen molar-refractivity contribution in [3.05, 3.63) is 24.3 Å². The highest BCUT2D eigenvalue weighted by Crippen LogP contribution is 2.18. The van der Waals surface area contributed by atoms with Crippen LogP contribution < -0.4 is 5.32 Å². The molecule has 0 radical (unpaired) electrons. The second kappa shape index (κ2) is 61.9. The van der Waals surface area contributed by atoms with Crippen molar-refractivity contribution in [3.63, 3.8) is 0 Å². The van der Waals surface area contributed by atoms with Crippen LogP contribution in [-0.2, 0) is 14.3 Å². The summed E-state index contributed by atoms with van der Waals surface area (Å²) in [5.74, 6) is -0.0282. The summed E-state index contributed by atoms with van der Waals surface area (Å²) in [6.45, 7) is 4.96. The van der Waals surface area contributed by atoms with E-state index in [-0.39, 0.29) is 18.5 Å². The summed E-state index contributed by atoms with van der Waals surface area (Å²) in [7, 11) is 0. The fourth-order valence-corrected chi connectivity index (χ4v) is 10.2. The lowest BCUT2D eigenvalue weighted by Crippen LogP contribution is -2.45. The van der Waals surface area contributed by atoms with E-state index < -0.39 is 12.1 Å². The number of aliphatic hydroxyl groups excluding tert-OH is 2. The van der Waals surface area contributed by atoms with Crippen molar-refractivity contribution in [2.45, 2.75) is 373 Å². The number of unbranched alkanes of at least 4 members (excludes halogenated alkanes) is 46. The molecule has 72 heavy (non-hydrogen) atoms. The van der Waals surface area contributed by atoms with Gasteiger partial charge in [-0.15, -0.1) is 0 Å². The lowest BCUT2D eigenvalue weighted by molar-refractivity contribution is -0.143. The molecule has 0 fully saturated rings. The molecule has 0 saturated heterocycles. The predicted octanol–water partition coefficient (Wildman–Crippen LogP) is 20.6. The zero-order valence-corrected chi connectivity index (χ0v) is 48.7. The molecule has 2 atom stereocenters. The number of esters is 1. The van der Waals surface area contributed by atoms with Crippen LogP contribution >= 0.6 is 0 Å². The van der Waals surface area contributed by atoms with Gasteiger partial charge in [-0.05, 0) is 77.0 Å². The average Bonchev–Trinajstić information content (AvgIpc) is 3.38. The van der Waals surface area contributed by atoms with Gasteiger partial charge in [0.05, 0.1) is 25.4 Å². The van der Waals surface area contributed by atoms with E-state index in [2.05, 4.69) is 43.5 Å². The number of nitrogens with one attached hydrogen (secondary N) is 1. The van der Waals surface area contributed by atoms with E-state index in [4.69, 9.17) is 4.74 Å². The van der Waals surface area contributed by atoms with Crippen molar-refractivity contribution in [2.24, 2.45) is 0 Å². The van der Waals surface area contributed by atoms with E-state index in [0.29, 0.717) is 25.9 Å². The van der Waals surface area contributed by atoms with Crippen molar-refractivity contribution in [3.8, 4) is 0 Å². The third kappa shape index (κ3) is 57.6. The van der Waals surface area contributed by atoms with Crippen LogP contribution in [0.5, 0.6) is 0 Å². The van der Waals surface area contributed by atoms with E-state index >= 15 is 0 Å². The summed E-state index contributed by atoms with van der Waals surface area (Å²) < 4.78 is 5.49. The van der Waals surface area contributed by atoms with Gasteiger partial charge >= 0.3 is 5.97 Å². The van der Waals surface area contributed by atoms with E-state index in [9.17, 15) is 19.8 Å². The van der Waals surface area contributed by atoms with Crippen LogP contribution in [0.1, 0.15) is 361 Å². The summed E-state index contributed by atoms with van der Waals surface area (Å²) in [5, 5.41) is 23.3. The third-order valence-corrected chi connectivity index (χ3v) is 15.2. The Morgan fingerprint density at radius 3 is 0.986 bits per heavy atom. The Labute approximate surface area is 450 Å². The monoisotopic (exact) mass is 1010 g/mol. The van der Waals surface area contributed by atoms with Crippen LogP contribution in [0.3, 0.4) is 0 Å². The molecule has 0 heterocycles. The van der Waals surface area contributed by atoms with Crippen LogP contribution in [0, 0.1) is 0 Å². The van der Waals surface area contributed by atoms with Gasteiger partial charge in [0.2, 0.25) is 5.91 Å². The van der Waals surface area contributed by atoms with E-state index in [1.807, 2.05) is 0 Å². The SMILES string of the molecule is CCCCCCCCC/C=C\CCCCCCCC(=O)OCCCCCCCCCCCCCC/C=C\CCCCCCCCCCCCC(=O)NC(CO)C(O)CCCCCCCCCCCCCCC. The maximum absolute atomic E-state index is 12.5. The number of hydrogen-bond acceptors (Lipinski definition) is 5. The number of aliphatic hydroxyl groups is 2. The number of carbonyl (C=O) groups excluding carboxylic acids is 2. The zero-order valence-electron chi connectivity index (χ0n) is 48.7. The van der Waals surface area contributed by atoms with Crippen molar-refractivity contribution in [1.29, 1.82) is 0 Å². The van der Waals surface area contributed by atoms with Gasteiger partial charge in [-0.2, -0.15) is 0 Å². The molecule has 3 N–H and O–H groups in total. The minimum absolute atomic E-state index is 0.00737. The van der Waals surface area contributed by atoms with Gasteiger partial charge in [-0.25, -0.2) is 0 Å². The standard InChI is InChI=1S/C66H127NO5/c1-3-5-7-9-11-13-15-17-18-32-36-40-44-48-52-56-60-66(71)72-61-57-53-49-45-41-37-33-30-28-26-24-22-20-19-21-23-25-27-29-31-35-39-43-47-51-55-59-65(70)67-63(62-68)64(69)58-54-50-46-42-38-34-16-14-12-10-8-6-4-2/h18-19,21,32,63-64,68-69H,3-17,20,22-31,33-62H2,1-2H3,(H,67,70)/b21-19-,32-18-. The number of carbonyl (C=O) groups is 2. The Morgan fingerprint density at radius 2 is 0.653 bits per heavy atom. The van der Waals surface area contributed by atoms with E-state index in [0.717, 1.165) is 44.9 Å². The van der Waals surface area contributed by atoms with Gasteiger partial charge in [-0.1, -0.05) is 295 Å². The molecule has 0 aromatic heterocycles. The first kappa shape index (κ1) is 70.3. The average molecular weight is 1010 g/mol. The summed E-state index contributed by atoms with van der Waals surface area (Å²) in [5.41, 5.74) is 0. The number of allylic oxidation sites excluding steroid dienone is 4. The number of amides is 1. The number of rotatable bonds is 61. The Balaban J connectivity index is 3.37. The molecule has 0 saturated carbocycles. The first-order chi connectivity index (χ1) is 35.5. The van der Waals surface area contributed by atoms with Gasteiger partial charge in [0.15, 0.2) is 0 Å². The quantitative estimate of drug-likeness (QED) is 0.0320. The first-order valence-electron chi connectivity index (χ1n) is 32.6. The number of hydrogen-bond donors (Lipinski definition) is 3. The predicted molar refractivity (Wildman–Crippen MR) is 315 cm³/mol. The molecule has 6 heteroatoms. The molecule has 6 nitrogen and oxygen atoms in total. The summed E-state index contributed by atoms with van der Waals surface area (Å²) in [4.78, 5) is 24.5. The van der Waals surface area contributed by atoms with Gasteiger partial charge < -0.3 is 20.3 Å². The maximum atomic E-state index is 12.5. The molecule has 0 aliphatic carbocycles. The Hall–Kier alpha value is -1.66. The minimum atomic E-state index is -0.664. The molecule has 0 spiro atoms. The van der Waals surface area contributed by atoms with Crippen molar-refractivity contribution in [2.75, 3.05) is 13.2 Å². The molecule has 0 aliphatic rings. The lowest BCUT2D eigenvalue weighted by Gasteiger charge is -2.22. The Morgan fingerprint density at radius 1 is 0.375 bits per heavy atom. The van der Waals surface area contributed by atoms with Crippen LogP contribution in [-0.4, -0.2) is 47.4 Å². The molecular formula is C66H127NO5. The third-order valence-electron chi connectivity index (χ3n) is 15.2. The number of ether oxygens (including phenoxy) is 1. The molecule has 0 aromatic rings. The molecule has 0 aromatic carbocycles. The molecule has 426 valence electrons. The highest BCUT2D eigenvalue weighted by Gasteiger charge is 2.20. The second-order valence-electron chi connectivity index (χ2n) is 22.4. The maximum Gasteiger partial charge on any atom is 0.305 e. The van der Waals surface area contributed by atoms with Gasteiger partial charge in [-0.3, -0.25) is 9.59 Å². The normalized spacial score (nSPS) is 12.7. The molecule has 2 unspecified atom stereocenters. The smallest absolute Gasteiger partial charge is 0.305 e. The zero-order chi connectivity index (χ0) is 52.2. The fraction of sp³-hybridized carbons (Fsp3) is 0.909. The minimum Gasteiger partial charge on any atom is -0.466 e. The molecular weight excluding hydrogens is 887 g/mol. The van der Waals surface area contributed by atoms with E-state index in [1.54, 1.807) is 0 Å². The highest BCUT2D eigenvalue weighted by molar-refractivity contribution is 5.76. The van der Waals surface area contributed by atoms with E-state index in [1.165, 1.54) is 283 Å². The summed E-state index contributed by atoms with van der Waals surface area (Å²) in [6, 6.07) is -0.542. The topological polar surface area (TPSA) is 95.9 Å². The van der Waals surface area contributed by atoms with Crippen LogP contribution in [0.2, 0.25) is 0 Å². The van der Waals surface area contributed by atoms with Gasteiger partial charge in [0.1, 0.15) is 0 Å². The van der Waals surface area contributed by atoms with Crippen molar-refractivity contribution < 1.29 is 24.5 Å².